The van der Waals surface area contributed by atoms with E-state index in [1.54, 1.807) is 12.5 Å². The fraction of sp³-hybridized carbons (Fsp3) is 0.562. The molecule has 6 heteroatoms. The second-order valence-corrected chi connectivity index (χ2v) is 6.49. The smallest absolute Gasteiger partial charge is 0.253 e. The van der Waals surface area contributed by atoms with Crippen LogP contribution in [0.15, 0.2) is 18.6 Å². The Balaban J connectivity index is 1.52. The quantitative estimate of drug-likeness (QED) is 0.940. The molecule has 3 atom stereocenters. The number of hydrogen-bond donors (Lipinski definition) is 1. The van der Waals surface area contributed by atoms with Gasteiger partial charge in [-0.25, -0.2) is 9.97 Å². The standard InChI is InChI=1S/C16H20N4O2/c1-9(2)20-8-18-13-5-10(7-17-15(13)20)16(21)19-12-6-14-11(12)3-4-22-14/h5,7-9,11-12,14H,3-4,6H2,1-2H3,(H,19,21)/t11-,12+,14+/m0/s1. The SMILES string of the molecule is CC(C)n1cnc2cc(C(=O)N[C@@H]3C[C@H]4OCC[C@@H]34)cnc21. The van der Waals surface area contributed by atoms with Crippen LogP contribution in [0.3, 0.4) is 0 Å². The van der Waals surface area contributed by atoms with E-state index in [2.05, 4.69) is 29.1 Å². The van der Waals surface area contributed by atoms with Crippen molar-refractivity contribution in [2.75, 3.05) is 6.61 Å². The maximum absolute atomic E-state index is 12.4. The van der Waals surface area contributed by atoms with Crippen LogP contribution in [-0.4, -0.2) is 39.2 Å². The first-order valence-corrected chi connectivity index (χ1v) is 7.88. The van der Waals surface area contributed by atoms with Gasteiger partial charge in [0.05, 0.1) is 18.0 Å². The number of pyridine rings is 1. The molecule has 0 radical (unpaired) electrons. The summed E-state index contributed by atoms with van der Waals surface area (Å²) in [4.78, 5) is 21.2. The zero-order valence-electron chi connectivity index (χ0n) is 12.8. The lowest BCUT2D eigenvalue weighted by Crippen LogP contribution is -2.53. The van der Waals surface area contributed by atoms with E-state index in [4.69, 9.17) is 4.74 Å². The van der Waals surface area contributed by atoms with E-state index < -0.39 is 0 Å². The maximum atomic E-state index is 12.4. The van der Waals surface area contributed by atoms with E-state index in [-0.39, 0.29) is 11.9 Å². The van der Waals surface area contributed by atoms with Crippen LogP contribution < -0.4 is 5.32 Å². The monoisotopic (exact) mass is 300 g/mol. The third-order valence-corrected chi connectivity index (χ3v) is 4.81. The van der Waals surface area contributed by atoms with Crippen LogP contribution in [0, 0.1) is 5.92 Å². The molecule has 2 aromatic rings. The van der Waals surface area contributed by atoms with E-state index in [1.165, 1.54) is 0 Å². The van der Waals surface area contributed by atoms with Crippen molar-refractivity contribution in [3.05, 3.63) is 24.2 Å². The molecule has 2 fully saturated rings. The molecule has 22 heavy (non-hydrogen) atoms. The molecule has 1 saturated carbocycles. The Labute approximate surface area is 128 Å². The number of rotatable bonds is 3. The lowest BCUT2D eigenvalue weighted by atomic mass is 9.76. The molecular weight excluding hydrogens is 280 g/mol. The van der Waals surface area contributed by atoms with Gasteiger partial charge in [-0.3, -0.25) is 4.79 Å². The predicted molar refractivity (Wildman–Crippen MR) is 81.6 cm³/mol. The van der Waals surface area contributed by atoms with Crippen LogP contribution >= 0.6 is 0 Å². The van der Waals surface area contributed by atoms with Crippen molar-refractivity contribution >= 4 is 17.1 Å². The Bertz CT molecular complexity index is 724. The van der Waals surface area contributed by atoms with Gasteiger partial charge < -0.3 is 14.6 Å². The summed E-state index contributed by atoms with van der Waals surface area (Å²) in [6, 6.07) is 2.35. The van der Waals surface area contributed by atoms with E-state index >= 15 is 0 Å². The fourth-order valence-electron chi connectivity index (χ4n) is 3.44. The highest BCUT2D eigenvalue weighted by atomic mass is 16.5. The normalized spacial score (nSPS) is 27.0. The minimum Gasteiger partial charge on any atom is -0.378 e. The van der Waals surface area contributed by atoms with Gasteiger partial charge in [0.2, 0.25) is 0 Å². The zero-order valence-corrected chi connectivity index (χ0v) is 12.8. The topological polar surface area (TPSA) is 69.0 Å². The Morgan fingerprint density at radius 2 is 2.32 bits per heavy atom. The van der Waals surface area contributed by atoms with E-state index in [9.17, 15) is 4.79 Å². The highest BCUT2D eigenvalue weighted by molar-refractivity contribution is 5.96. The number of amides is 1. The second-order valence-electron chi connectivity index (χ2n) is 6.49. The number of nitrogens with zero attached hydrogens (tertiary/aromatic N) is 3. The predicted octanol–water partition coefficient (Wildman–Crippen LogP) is 1.92. The Morgan fingerprint density at radius 3 is 3.09 bits per heavy atom. The molecule has 4 rings (SSSR count). The molecular formula is C16H20N4O2. The molecule has 0 aromatic carbocycles. The minimum absolute atomic E-state index is 0.0659. The van der Waals surface area contributed by atoms with Crippen molar-refractivity contribution in [2.24, 2.45) is 5.92 Å². The van der Waals surface area contributed by atoms with Gasteiger partial charge in [0, 0.05) is 30.8 Å². The third kappa shape index (κ3) is 2.09. The lowest BCUT2D eigenvalue weighted by molar-refractivity contribution is 0.00809. The van der Waals surface area contributed by atoms with Crippen LogP contribution in [0.25, 0.3) is 11.2 Å². The van der Waals surface area contributed by atoms with Crippen LogP contribution in [0.5, 0.6) is 0 Å². The molecule has 1 saturated heterocycles. The highest BCUT2D eigenvalue weighted by Gasteiger charge is 2.45. The Hall–Kier alpha value is -1.95. The zero-order chi connectivity index (χ0) is 15.3. The third-order valence-electron chi connectivity index (χ3n) is 4.81. The first kappa shape index (κ1) is 13.7. The molecule has 1 aliphatic carbocycles. The minimum atomic E-state index is -0.0659. The number of carbonyl (C=O) groups excluding carboxylic acids is 1. The summed E-state index contributed by atoms with van der Waals surface area (Å²) >= 11 is 0. The number of fused-ring (bicyclic) bond motifs is 2. The van der Waals surface area contributed by atoms with Crippen LogP contribution in [0.2, 0.25) is 0 Å². The molecule has 6 nitrogen and oxygen atoms in total. The van der Waals surface area contributed by atoms with Gasteiger partial charge in [-0.2, -0.15) is 0 Å². The molecule has 0 spiro atoms. The van der Waals surface area contributed by atoms with Gasteiger partial charge in [0.1, 0.15) is 5.52 Å². The summed E-state index contributed by atoms with van der Waals surface area (Å²) in [7, 11) is 0. The van der Waals surface area contributed by atoms with Crippen LogP contribution in [0.1, 0.15) is 43.1 Å². The number of hydrogen-bond acceptors (Lipinski definition) is 4. The summed E-state index contributed by atoms with van der Waals surface area (Å²) in [5, 5.41) is 3.10. The summed E-state index contributed by atoms with van der Waals surface area (Å²) in [6.07, 6.45) is 5.74. The summed E-state index contributed by atoms with van der Waals surface area (Å²) in [5.74, 6) is 0.421. The molecule has 1 amide bonds. The number of imidazole rings is 1. The summed E-state index contributed by atoms with van der Waals surface area (Å²) in [6.45, 7) is 4.99. The summed E-state index contributed by atoms with van der Waals surface area (Å²) < 4.78 is 7.58. The molecule has 1 N–H and O–H groups in total. The van der Waals surface area contributed by atoms with Gasteiger partial charge in [-0.15, -0.1) is 0 Å². The van der Waals surface area contributed by atoms with Crippen molar-refractivity contribution in [1.82, 2.24) is 19.9 Å². The number of aromatic nitrogens is 3. The van der Waals surface area contributed by atoms with Crippen molar-refractivity contribution in [2.45, 2.75) is 44.9 Å². The first-order chi connectivity index (χ1) is 10.6. The first-order valence-electron chi connectivity index (χ1n) is 7.88. The van der Waals surface area contributed by atoms with Gasteiger partial charge in [-0.1, -0.05) is 0 Å². The highest BCUT2D eigenvalue weighted by Crippen LogP contribution is 2.38. The van der Waals surface area contributed by atoms with Gasteiger partial charge in [0.15, 0.2) is 5.65 Å². The Morgan fingerprint density at radius 1 is 1.45 bits per heavy atom. The Kier molecular flexibility index (Phi) is 3.14. The van der Waals surface area contributed by atoms with Crippen molar-refractivity contribution in [3.63, 3.8) is 0 Å². The van der Waals surface area contributed by atoms with E-state index in [1.807, 2.05) is 10.6 Å². The van der Waals surface area contributed by atoms with Gasteiger partial charge in [0.25, 0.3) is 5.91 Å². The van der Waals surface area contributed by atoms with Gasteiger partial charge in [-0.05, 0) is 32.8 Å². The van der Waals surface area contributed by atoms with Gasteiger partial charge >= 0.3 is 0 Å². The summed E-state index contributed by atoms with van der Waals surface area (Å²) in [5.41, 5.74) is 2.15. The fourth-order valence-corrected chi connectivity index (χ4v) is 3.44. The largest absolute Gasteiger partial charge is 0.378 e. The van der Waals surface area contributed by atoms with Crippen molar-refractivity contribution in [1.29, 1.82) is 0 Å². The lowest BCUT2D eigenvalue weighted by Gasteiger charge is -2.39. The van der Waals surface area contributed by atoms with Crippen LogP contribution in [-0.2, 0) is 4.74 Å². The number of carbonyl (C=O) groups is 1. The average Bonchev–Trinajstić information content (AvgIpc) is 3.07. The number of nitrogens with one attached hydrogen (secondary N) is 1. The second kappa shape index (κ2) is 5.05. The maximum Gasteiger partial charge on any atom is 0.253 e. The van der Waals surface area contributed by atoms with Crippen molar-refractivity contribution < 1.29 is 9.53 Å². The van der Waals surface area contributed by atoms with E-state index in [0.717, 1.165) is 30.6 Å². The molecule has 2 aromatic heterocycles. The average molecular weight is 300 g/mol. The molecule has 3 heterocycles. The molecule has 116 valence electrons. The van der Waals surface area contributed by atoms with Crippen LogP contribution in [0.4, 0.5) is 0 Å². The molecule has 0 unspecified atom stereocenters. The molecule has 2 aliphatic rings. The molecule has 0 bridgehead atoms. The molecule has 1 aliphatic heterocycles. The van der Waals surface area contributed by atoms with E-state index in [0.29, 0.717) is 23.6 Å². The number of ether oxygens (including phenoxy) is 1. The van der Waals surface area contributed by atoms with Crippen molar-refractivity contribution in [3.8, 4) is 0 Å².